The molecular weight excluding hydrogens is 394 g/mol. The number of nitrogens with one attached hydrogen (secondary N) is 1. The van der Waals surface area contributed by atoms with Crippen molar-refractivity contribution in [3.63, 3.8) is 0 Å². The maximum Gasteiger partial charge on any atom is 0.261 e. The number of likely N-dealkylation sites (tertiary alicyclic amines) is 1. The molecular formula is C26H26F2N2O. The molecule has 1 heterocycles. The normalized spacial score (nSPS) is 16.1. The molecule has 1 fully saturated rings. The smallest absolute Gasteiger partial charge is 0.261 e. The lowest BCUT2D eigenvalue weighted by atomic mass is 9.74. The molecule has 1 N–H and O–H groups in total. The van der Waals surface area contributed by atoms with Gasteiger partial charge in [0.1, 0.15) is 17.2 Å². The van der Waals surface area contributed by atoms with E-state index < -0.39 is 23.1 Å². The van der Waals surface area contributed by atoms with Gasteiger partial charge in [0.05, 0.1) is 0 Å². The Morgan fingerprint density at radius 3 is 2.13 bits per heavy atom. The van der Waals surface area contributed by atoms with Gasteiger partial charge in [-0.15, -0.1) is 0 Å². The summed E-state index contributed by atoms with van der Waals surface area (Å²) in [5.41, 5.74) is 2.55. The second kappa shape index (κ2) is 8.98. The van der Waals surface area contributed by atoms with E-state index in [1.165, 1.54) is 17.2 Å². The SMILES string of the molecule is CC1(c2ccc(NC(=O)c3c(F)cccc3F)cc2)CCN(Cc2ccccc2)CC1. The highest BCUT2D eigenvalue weighted by molar-refractivity contribution is 6.04. The standard InChI is InChI=1S/C26H26F2N2O/c1-26(14-16-30(17-15-26)18-19-6-3-2-4-7-19)20-10-12-21(13-11-20)29-25(31)24-22(27)8-5-9-23(24)28/h2-13H,14-18H2,1H3,(H,29,31). The second-order valence-electron chi connectivity index (χ2n) is 8.45. The van der Waals surface area contributed by atoms with Crippen molar-refractivity contribution in [1.82, 2.24) is 4.90 Å². The minimum absolute atomic E-state index is 0.0629. The van der Waals surface area contributed by atoms with Gasteiger partial charge < -0.3 is 5.32 Å². The van der Waals surface area contributed by atoms with Crippen LogP contribution in [0.4, 0.5) is 14.5 Å². The molecule has 1 aliphatic heterocycles. The lowest BCUT2D eigenvalue weighted by Gasteiger charge is -2.40. The summed E-state index contributed by atoms with van der Waals surface area (Å²) in [7, 11) is 0. The van der Waals surface area contributed by atoms with Gasteiger partial charge in [0.2, 0.25) is 0 Å². The minimum Gasteiger partial charge on any atom is -0.322 e. The van der Waals surface area contributed by atoms with Gasteiger partial charge in [0.15, 0.2) is 0 Å². The van der Waals surface area contributed by atoms with Crippen molar-refractivity contribution in [2.75, 3.05) is 18.4 Å². The molecule has 3 nitrogen and oxygen atoms in total. The van der Waals surface area contributed by atoms with Crippen LogP contribution in [-0.2, 0) is 12.0 Å². The summed E-state index contributed by atoms with van der Waals surface area (Å²) in [5, 5.41) is 2.59. The molecule has 0 aromatic heterocycles. The molecule has 3 aromatic carbocycles. The van der Waals surface area contributed by atoms with Crippen LogP contribution >= 0.6 is 0 Å². The van der Waals surface area contributed by atoms with E-state index in [9.17, 15) is 13.6 Å². The molecule has 0 unspecified atom stereocenters. The van der Waals surface area contributed by atoms with Crippen molar-refractivity contribution in [2.45, 2.75) is 31.7 Å². The summed E-state index contributed by atoms with van der Waals surface area (Å²) in [6.07, 6.45) is 2.10. The number of nitrogens with zero attached hydrogens (tertiary/aromatic N) is 1. The topological polar surface area (TPSA) is 32.3 Å². The number of carbonyl (C=O) groups excluding carboxylic acids is 1. The Kier molecular flexibility index (Phi) is 6.14. The Balaban J connectivity index is 1.38. The zero-order valence-corrected chi connectivity index (χ0v) is 17.6. The number of rotatable bonds is 5. The molecule has 1 aliphatic rings. The van der Waals surface area contributed by atoms with E-state index >= 15 is 0 Å². The fourth-order valence-electron chi connectivity index (χ4n) is 4.20. The number of benzene rings is 3. The Morgan fingerprint density at radius 2 is 1.52 bits per heavy atom. The first kappa shape index (κ1) is 21.2. The number of hydrogen-bond acceptors (Lipinski definition) is 2. The fraction of sp³-hybridized carbons (Fsp3) is 0.269. The van der Waals surface area contributed by atoms with Crippen LogP contribution in [0.5, 0.6) is 0 Å². The molecule has 31 heavy (non-hydrogen) atoms. The third-order valence-corrected chi connectivity index (χ3v) is 6.24. The van der Waals surface area contributed by atoms with Crippen LogP contribution in [0.25, 0.3) is 0 Å². The van der Waals surface area contributed by atoms with Crippen LogP contribution in [0.2, 0.25) is 0 Å². The highest BCUT2D eigenvalue weighted by atomic mass is 19.1. The van der Waals surface area contributed by atoms with E-state index in [-0.39, 0.29) is 5.41 Å². The van der Waals surface area contributed by atoms with Crippen molar-refractivity contribution in [2.24, 2.45) is 0 Å². The number of carbonyl (C=O) groups is 1. The van der Waals surface area contributed by atoms with Crippen molar-refractivity contribution >= 4 is 11.6 Å². The van der Waals surface area contributed by atoms with Crippen LogP contribution < -0.4 is 5.32 Å². The predicted molar refractivity (Wildman–Crippen MR) is 119 cm³/mol. The predicted octanol–water partition coefficient (Wildman–Crippen LogP) is 5.77. The highest BCUT2D eigenvalue weighted by Crippen LogP contribution is 2.36. The molecule has 0 saturated carbocycles. The summed E-state index contributed by atoms with van der Waals surface area (Å²) in [6.45, 7) is 5.29. The van der Waals surface area contributed by atoms with Crippen LogP contribution in [0.3, 0.4) is 0 Å². The first-order valence-electron chi connectivity index (χ1n) is 10.6. The largest absolute Gasteiger partial charge is 0.322 e. The van der Waals surface area contributed by atoms with Gasteiger partial charge in [-0.25, -0.2) is 8.78 Å². The Morgan fingerprint density at radius 1 is 0.903 bits per heavy atom. The van der Waals surface area contributed by atoms with E-state index in [4.69, 9.17) is 0 Å². The number of amides is 1. The number of hydrogen-bond donors (Lipinski definition) is 1. The van der Waals surface area contributed by atoms with Gasteiger partial charge in [-0.05, 0) is 66.7 Å². The van der Waals surface area contributed by atoms with Crippen LogP contribution in [0.15, 0.2) is 72.8 Å². The van der Waals surface area contributed by atoms with E-state index in [1.54, 1.807) is 12.1 Å². The van der Waals surface area contributed by atoms with Gasteiger partial charge in [-0.3, -0.25) is 9.69 Å². The monoisotopic (exact) mass is 420 g/mol. The average Bonchev–Trinajstić information content (AvgIpc) is 2.76. The van der Waals surface area contributed by atoms with Crippen LogP contribution in [-0.4, -0.2) is 23.9 Å². The van der Waals surface area contributed by atoms with E-state index in [1.807, 2.05) is 18.2 Å². The quantitative estimate of drug-likeness (QED) is 0.568. The van der Waals surface area contributed by atoms with Crippen molar-refractivity contribution < 1.29 is 13.6 Å². The van der Waals surface area contributed by atoms with Gasteiger partial charge in [-0.2, -0.15) is 0 Å². The van der Waals surface area contributed by atoms with E-state index in [2.05, 4.69) is 41.4 Å². The van der Waals surface area contributed by atoms with Gasteiger partial charge in [0.25, 0.3) is 5.91 Å². The summed E-state index contributed by atoms with van der Waals surface area (Å²) < 4.78 is 27.7. The van der Waals surface area contributed by atoms with E-state index in [0.717, 1.165) is 44.6 Å². The Hall–Kier alpha value is -3.05. The minimum atomic E-state index is -0.871. The zero-order valence-electron chi connectivity index (χ0n) is 17.6. The highest BCUT2D eigenvalue weighted by Gasteiger charge is 2.31. The fourth-order valence-corrected chi connectivity index (χ4v) is 4.20. The summed E-state index contributed by atoms with van der Waals surface area (Å²) >= 11 is 0. The molecule has 0 aliphatic carbocycles. The molecule has 3 aromatic rings. The molecule has 4 rings (SSSR count). The first-order chi connectivity index (χ1) is 14.9. The Bertz CT molecular complexity index is 1020. The summed E-state index contributed by atoms with van der Waals surface area (Å²) in [4.78, 5) is 14.8. The van der Waals surface area contributed by atoms with Crippen molar-refractivity contribution in [3.05, 3.63) is 101 Å². The Labute approximate surface area is 181 Å². The molecule has 1 amide bonds. The molecule has 0 atom stereocenters. The zero-order chi connectivity index (χ0) is 21.8. The van der Waals surface area contributed by atoms with Gasteiger partial charge in [-0.1, -0.05) is 55.5 Å². The molecule has 0 bridgehead atoms. The molecule has 0 radical (unpaired) electrons. The van der Waals surface area contributed by atoms with E-state index in [0.29, 0.717) is 5.69 Å². The summed E-state index contributed by atoms with van der Waals surface area (Å²) in [6, 6.07) is 21.5. The lowest BCUT2D eigenvalue weighted by Crippen LogP contribution is -2.40. The summed E-state index contributed by atoms with van der Waals surface area (Å²) in [5.74, 6) is -2.53. The molecule has 160 valence electrons. The van der Waals surface area contributed by atoms with Gasteiger partial charge >= 0.3 is 0 Å². The average molecular weight is 421 g/mol. The number of anilines is 1. The third kappa shape index (κ3) is 4.83. The second-order valence-corrected chi connectivity index (χ2v) is 8.45. The van der Waals surface area contributed by atoms with Gasteiger partial charge in [0, 0.05) is 12.2 Å². The number of piperidine rings is 1. The molecule has 1 saturated heterocycles. The number of halogens is 2. The molecule has 5 heteroatoms. The third-order valence-electron chi connectivity index (χ3n) is 6.24. The maximum absolute atomic E-state index is 13.8. The lowest BCUT2D eigenvalue weighted by molar-refractivity contribution is 0.101. The molecule has 0 spiro atoms. The first-order valence-corrected chi connectivity index (χ1v) is 10.6. The van der Waals surface area contributed by atoms with Crippen LogP contribution in [0.1, 0.15) is 41.3 Å². The maximum atomic E-state index is 13.8. The van der Waals surface area contributed by atoms with Crippen LogP contribution in [0, 0.1) is 11.6 Å². The van der Waals surface area contributed by atoms with Crippen molar-refractivity contribution in [3.8, 4) is 0 Å². The van der Waals surface area contributed by atoms with Crippen molar-refractivity contribution in [1.29, 1.82) is 0 Å².